The summed E-state index contributed by atoms with van der Waals surface area (Å²) in [6, 6.07) is 3.68. The van der Waals surface area contributed by atoms with Crippen LogP contribution >= 0.6 is 27.5 Å². The molecule has 0 atom stereocenters. The summed E-state index contributed by atoms with van der Waals surface area (Å²) in [5, 5.41) is 3.90. The fraction of sp³-hybridized carbons (Fsp3) is 0.400. The molecule has 0 amide bonds. The third kappa shape index (κ3) is 2.47. The van der Waals surface area contributed by atoms with Crippen molar-refractivity contribution in [3.8, 4) is 0 Å². The van der Waals surface area contributed by atoms with E-state index in [0.29, 0.717) is 22.1 Å². The highest BCUT2D eigenvalue weighted by Crippen LogP contribution is 2.26. The lowest BCUT2D eigenvalue weighted by molar-refractivity contribution is 0.613. The molecule has 1 N–H and O–H groups in total. The number of hydrogen-bond acceptors (Lipinski definition) is 1. The van der Waals surface area contributed by atoms with Crippen LogP contribution in [0.1, 0.15) is 18.4 Å². The van der Waals surface area contributed by atoms with Crippen LogP contribution in [0.15, 0.2) is 16.6 Å². The molecular formula is C10H10BrClFN. The second-order valence-corrected chi connectivity index (χ2v) is 4.77. The minimum absolute atomic E-state index is 0.262. The Hall–Kier alpha value is -0.120. The van der Waals surface area contributed by atoms with Gasteiger partial charge in [0, 0.05) is 17.6 Å². The van der Waals surface area contributed by atoms with Crippen LogP contribution in [0.2, 0.25) is 5.02 Å². The highest BCUT2D eigenvalue weighted by atomic mass is 79.9. The molecule has 0 spiro atoms. The fourth-order valence-electron chi connectivity index (χ4n) is 1.24. The van der Waals surface area contributed by atoms with Crippen LogP contribution in [0.4, 0.5) is 4.39 Å². The highest BCUT2D eigenvalue weighted by Gasteiger charge is 2.20. The van der Waals surface area contributed by atoms with Gasteiger partial charge < -0.3 is 5.32 Å². The average molecular weight is 279 g/mol. The van der Waals surface area contributed by atoms with E-state index in [-0.39, 0.29) is 5.82 Å². The van der Waals surface area contributed by atoms with Gasteiger partial charge in [0.2, 0.25) is 0 Å². The van der Waals surface area contributed by atoms with Crippen molar-refractivity contribution in [1.29, 1.82) is 0 Å². The molecule has 1 fully saturated rings. The molecule has 76 valence electrons. The Balaban J connectivity index is 2.10. The SMILES string of the molecule is Fc1cc(CNC2CC2)c(Cl)cc1Br. The Morgan fingerprint density at radius 3 is 2.86 bits per heavy atom. The summed E-state index contributed by atoms with van der Waals surface area (Å²) in [7, 11) is 0. The van der Waals surface area contributed by atoms with E-state index < -0.39 is 0 Å². The lowest BCUT2D eigenvalue weighted by Gasteiger charge is -2.06. The largest absolute Gasteiger partial charge is 0.310 e. The van der Waals surface area contributed by atoms with E-state index in [1.54, 1.807) is 6.07 Å². The number of nitrogens with one attached hydrogen (secondary N) is 1. The summed E-state index contributed by atoms with van der Waals surface area (Å²) in [6.45, 7) is 0.647. The molecular weight excluding hydrogens is 268 g/mol. The normalized spacial score (nSPS) is 15.9. The van der Waals surface area contributed by atoms with Crippen LogP contribution in [0.25, 0.3) is 0 Å². The van der Waals surface area contributed by atoms with Crippen molar-refractivity contribution in [2.45, 2.75) is 25.4 Å². The molecule has 0 radical (unpaired) electrons. The van der Waals surface area contributed by atoms with Crippen LogP contribution in [0, 0.1) is 5.82 Å². The molecule has 0 heterocycles. The summed E-state index contributed by atoms with van der Waals surface area (Å²) < 4.78 is 13.6. The van der Waals surface area contributed by atoms with E-state index in [1.807, 2.05) is 0 Å². The molecule has 0 unspecified atom stereocenters. The quantitative estimate of drug-likeness (QED) is 0.835. The zero-order valence-electron chi connectivity index (χ0n) is 7.49. The molecule has 1 aliphatic carbocycles. The third-order valence-corrected chi connectivity index (χ3v) is 3.21. The standard InChI is InChI=1S/C10H10BrClFN/c11-8-4-9(12)6(3-10(8)13)5-14-7-1-2-7/h3-4,7,14H,1-2,5H2. The summed E-state index contributed by atoms with van der Waals surface area (Å²) in [6.07, 6.45) is 2.44. The van der Waals surface area contributed by atoms with E-state index >= 15 is 0 Å². The summed E-state index contributed by atoms with van der Waals surface area (Å²) in [5.74, 6) is -0.262. The predicted molar refractivity (Wildman–Crippen MR) is 59.0 cm³/mol. The molecule has 4 heteroatoms. The number of rotatable bonds is 3. The molecule has 1 aromatic rings. The van der Waals surface area contributed by atoms with E-state index in [0.717, 1.165) is 5.56 Å². The van der Waals surface area contributed by atoms with Gasteiger partial charge in [-0.1, -0.05) is 11.6 Å². The molecule has 1 saturated carbocycles. The fourth-order valence-corrected chi connectivity index (χ4v) is 1.95. The van der Waals surface area contributed by atoms with Crippen molar-refractivity contribution in [3.63, 3.8) is 0 Å². The maximum Gasteiger partial charge on any atom is 0.137 e. The van der Waals surface area contributed by atoms with Gasteiger partial charge in [0.05, 0.1) is 4.47 Å². The van der Waals surface area contributed by atoms with Gasteiger partial charge in [-0.2, -0.15) is 0 Å². The minimum atomic E-state index is -0.262. The van der Waals surface area contributed by atoms with Gasteiger partial charge in [-0.05, 0) is 46.5 Å². The lowest BCUT2D eigenvalue weighted by atomic mass is 10.2. The molecule has 0 aromatic heterocycles. The van der Waals surface area contributed by atoms with Gasteiger partial charge in [0.15, 0.2) is 0 Å². The monoisotopic (exact) mass is 277 g/mol. The Bertz CT molecular complexity index is 352. The first-order valence-electron chi connectivity index (χ1n) is 4.53. The Morgan fingerprint density at radius 2 is 2.21 bits per heavy atom. The zero-order chi connectivity index (χ0) is 10.1. The number of hydrogen-bond donors (Lipinski definition) is 1. The van der Waals surface area contributed by atoms with Crippen LogP contribution in [-0.2, 0) is 6.54 Å². The van der Waals surface area contributed by atoms with Crippen molar-refractivity contribution >= 4 is 27.5 Å². The second kappa shape index (κ2) is 4.17. The molecule has 2 rings (SSSR count). The second-order valence-electron chi connectivity index (χ2n) is 3.51. The molecule has 0 aliphatic heterocycles. The molecule has 14 heavy (non-hydrogen) atoms. The smallest absolute Gasteiger partial charge is 0.137 e. The van der Waals surface area contributed by atoms with Crippen molar-refractivity contribution in [3.05, 3.63) is 33.0 Å². The van der Waals surface area contributed by atoms with Gasteiger partial charge in [0.1, 0.15) is 5.82 Å². The zero-order valence-corrected chi connectivity index (χ0v) is 9.83. The minimum Gasteiger partial charge on any atom is -0.310 e. The first-order chi connectivity index (χ1) is 6.66. The van der Waals surface area contributed by atoms with Gasteiger partial charge in [-0.25, -0.2) is 4.39 Å². The summed E-state index contributed by atoms with van der Waals surface area (Å²) in [4.78, 5) is 0. The Labute approximate surface area is 95.8 Å². The van der Waals surface area contributed by atoms with Crippen molar-refractivity contribution in [2.24, 2.45) is 0 Å². The van der Waals surface area contributed by atoms with Crippen LogP contribution in [0.3, 0.4) is 0 Å². The molecule has 1 aromatic carbocycles. The van der Waals surface area contributed by atoms with Gasteiger partial charge in [-0.15, -0.1) is 0 Å². The van der Waals surface area contributed by atoms with E-state index in [2.05, 4.69) is 21.2 Å². The average Bonchev–Trinajstić information content (AvgIpc) is 2.92. The van der Waals surface area contributed by atoms with Gasteiger partial charge in [-0.3, -0.25) is 0 Å². The highest BCUT2D eigenvalue weighted by molar-refractivity contribution is 9.10. The molecule has 0 saturated heterocycles. The van der Waals surface area contributed by atoms with Crippen LogP contribution < -0.4 is 5.32 Å². The third-order valence-electron chi connectivity index (χ3n) is 2.25. The predicted octanol–water partition coefficient (Wildman–Crippen LogP) is 3.49. The van der Waals surface area contributed by atoms with Crippen molar-refractivity contribution < 1.29 is 4.39 Å². The number of halogens is 3. The first-order valence-corrected chi connectivity index (χ1v) is 5.70. The molecule has 1 aliphatic rings. The summed E-state index contributed by atoms with van der Waals surface area (Å²) >= 11 is 9.06. The van der Waals surface area contributed by atoms with E-state index in [1.165, 1.54) is 18.9 Å². The number of benzene rings is 1. The van der Waals surface area contributed by atoms with Crippen molar-refractivity contribution in [1.82, 2.24) is 5.32 Å². The molecule has 0 bridgehead atoms. The van der Waals surface area contributed by atoms with E-state index in [4.69, 9.17) is 11.6 Å². The topological polar surface area (TPSA) is 12.0 Å². The maximum absolute atomic E-state index is 13.2. The van der Waals surface area contributed by atoms with Gasteiger partial charge in [0.25, 0.3) is 0 Å². The van der Waals surface area contributed by atoms with Gasteiger partial charge >= 0.3 is 0 Å². The Morgan fingerprint density at radius 1 is 1.50 bits per heavy atom. The van der Waals surface area contributed by atoms with E-state index in [9.17, 15) is 4.39 Å². The van der Waals surface area contributed by atoms with Crippen LogP contribution in [-0.4, -0.2) is 6.04 Å². The lowest BCUT2D eigenvalue weighted by Crippen LogP contribution is -2.15. The maximum atomic E-state index is 13.2. The van der Waals surface area contributed by atoms with Crippen LogP contribution in [0.5, 0.6) is 0 Å². The van der Waals surface area contributed by atoms with Crippen molar-refractivity contribution in [2.75, 3.05) is 0 Å². The first kappa shape index (κ1) is 10.4. The molecule has 1 nitrogen and oxygen atoms in total. The Kier molecular flexibility index (Phi) is 3.10. The summed E-state index contributed by atoms with van der Waals surface area (Å²) in [5.41, 5.74) is 0.819.